The summed E-state index contributed by atoms with van der Waals surface area (Å²) in [5.74, 6) is 0.0611. The predicted octanol–water partition coefficient (Wildman–Crippen LogP) is 2.23. The van der Waals surface area contributed by atoms with E-state index in [1.807, 2.05) is 30.0 Å². The molecule has 0 radical (unpaired) electrons. The fourth-order valence-electron chi connectivity index (χ4n) is 5.05. The number of amidine groups is 1. The number of hydrogen-bond donors (Lipinski definition) is 1. The van der Waals surface area contributed by atoms with Crippen molar-refractivity contribution in [1.82, 2.24) is 14.7 Å². The normalized spacial score (nSPS) is 26.2. The monoisotopic (exact) mass is 487 g/mol. The van der Waals surface area contributed by atoms with Gasteiger partial charge in [0.1, 0.15) is 5.25 Å². The van der Waals surface area contributed by atoms with Crippen LogP contribution >= 0.6 is 11.8 Å². The molecule has 0 bridgehead atoms. The largest absolute Gasteiger partial charge is 0.351 e. The van der Waals surface area contributed by atoms with Crippen LogP contribution in [-0.2, 0) is 20.7 Å². The number of likely N-dealkylation sites (tertiary alicyclic amines) is 1. The van der Waals surface area contributed by atoms with Gasteiger partial charge in [0.15, 0.2) is 11.5 Å². The van der Waals surface area contributed by atoms with E-state index in [9.17, 15) is 9.59 Å². The van der Waals surface area contributed by atoms with E-state index in [0.717, 1.165) is 49.8 Å². The van der Waals surface area contributed by atoms with Gasteiger partial charge in [-0.1, -0.05) is 30.0 Å². The first-order valence-electron chi connectivity index (χ1n) is 12.1. The Kier molecular flexibility index (Phi) is 6.99. The maximum atomic E-state index is 13.0. The summed E-state index contributed by atoms with van der Waals surface area (Å²) >= 11 is 1.56. The summed E-state index contributed by atoms with van der Waals surface area (Å²) < 4.78 is 11.0. The molecule has 2 fully saturated rings. The van der Waals surface area contributed by atoms with E-state index in [1.54, 1.807) is 23.7 Å². The minimum Gasteiger partial charge on any atom is -0.351 e. The molecular formula is C24H33N5O4S. The summed E-state index contributed by atoms with van der Waals surface area (Å²) in [6.07, 6.45) is 2.32. The van der Waals surface area contributed by atoms with E-state index < -0.39 is 0 Å². The molecule has 2 unspecified atom stereocenters. The number of anilines is 1. The van der Waals surface area contributed by atoms with Crippen molar-refractivity contribution in [2.45, 2.75) is 49.8 Å². The zero-order valence-corrected chi connectivity index (χ0v) is 20.6. The van der Waals surface area contributed by atoms with Crippen LogP contribution in [0, 0.1) is 0 Å². The van der Waals surface area contributed by atoms with E-state index in [2.05, 4.69) is 16.3 Å². The van der Waals surface area contributed by atoms with Crippen molar-refractivity contribution in [3.8, 4) is 0 Å². The molecule has 4 heterocycles. The van der Waals surface area contributed by atoms with Crippen molar-refractivity contribution in [2.24, 2.45) is 4.99 Å². The fourth-order valence-corrected chi connectivity index (χ4v) is 6.37. The number of para-hydroxylation sites is 1. The molecular weight excluding hydrogens is 454 g/mol. The molecule has 5 rings (SSSR count). The van der Waals surface area contributed by atoms with Crippen molar-refractivity contribution in [1.29, 1.82) is 0 Å². The summed E-state index contributed by atoms with van der Waals surface area (Å²) in [5.41, 5.74) is 2.11. The van der Waals surface area contributed by atoms with Gasteiger partial charge in [-0.15, -0.1) is 0 Å². The highest BCUT2D eigenvalue weighted by Crippen LogP contribution is 2.32. The molecule has 10 heteroatoms. The number of likely N-dealkylation sites (N-methyl/N-ethyl adjacent to an activating group) is 1. The Morgan fingerprint density at radius 3 is 2.71 bits per heavy atom. The predicted molar refractivity (Wildman–Crippen MR) is 132 cm³/mol. The fraction of sp³-hybridized carbons (Fsp3) is 0.625. The minimum atomic E-state index is -0.334. The maximum absolute atomic E-state index is 13.0. The molecule has 184 valence electrons. The minimum absolute atomic E-state index is 0.00600. The van der Waals surface area contributed by atoms with E-state index in [1.165, 1.54) is 5.56 Å². The van der Waals surface area contributed by atoms with Gasteiger partial charge in [0.25, 0.3) is 0 Å². The first-order chi connectivity index (χ1) is 16.5. The molecule has 4 aliphatic rings. The third kappa shape index (κ3) is 4.89. The van der Waals surface area contributed by atoms with Crippen molar-refractivity contribution >= 4 is 34.6 Å². The average Bonchev–Trinajstić information content (AvgIpc) is 3.45. The van der Waals surface area contributed by atoms with Crippen molar-refractivity contribution in [3.05, 3.63) is 29.8 Å². The van der Waals surface area contributed by atoms with Crippen molar-refractivity contribution in [3.63, 3.8) is 0 Å². The lowest BCUT2D eigenvalue weighted by atomic mass is 10.0. The molecule has 9 nitrogen and oxygen atoms in total. The molecule has 0 saturated carbocycles. The van der Waals surface area contributed by atoms with Crippen molar-refractivity contribution in [2.75, 3.05) is 51.8 Å². The lowest BCUT2D eigenvalue weighted by Crippen LogP contribution is -2.49. The van der Waals surface area contributed by atoms with E-state index in [0.29, 0.717) is 19.8 Å². The first kappa shape index (κ1) is 23.4. The number of nitrogens with one attached hydrogen (secondary N) is 1. The maximum Gasteiger partial charge on any atom is 0.322 e. The molecule has 1 aromatic rings. The van der Waals surface area contributed by atoms with Gasteiger partial charge < -0.3 is 29.5 Å². The molecule has 0 spiro atoms. The number of carbonyl (C=O) groups excluding carboxylic acids is 2. The van der Waals surface area contributed by atoms with Gasteiger partial charge in [-0.25, -0.2) is 4.79 Å². The Bertz CT molecular complexity index is 945. The van der Waals surface area contributed by atoms with Crippen LogP contribution in [0.1, 0.15) is 25.3 Å². The highest BCUT2D eigenvalue weighted by molar-refractivity contribution is 8.15. The van der Waals surface area contributed by atoms with Crippen LogP contribution in [0.25, 0.3) is 0 Å². The zero-order valence-electron chi connectivity index (χ0n) is 19.8. The molecule has 0 aromatic heterocycles. The van der Waals surface area contributed by atoms with Gasteiger partial charge in [-0.05, 0) is 37.8 Å². The Morgan fingerprint density at radius 2 is 1.94 bits per heavy atom. The Morgan fingerprint density at radius 1 is 1.21 bits per heavy atom. The number of benzene rings is 1. The van der Waals surface area contributed by atoms with Gasteiger partial charge >= 0.3 is 6.03 Å². The van der Waals surface area contributed by atoms with Crippen LogP contribution in [0.3, 0.4) is 0 Å². The molecule has 2 atom stereocenters. The lowest BCUT2D eigenvalue weighted by molar-refractivity contribution is -0.135. The molecule has 1 N–H and O–H groups in total. The summed E-state index contributed by atoms with van der Waals surface area (Å²) in [6.45, 7) is 6.00. The Balaban J connectivity index is 1.13. The summed E-state index contributed by atoms with van der Waals surface area (Å²) in [6, 6.07) is 8.17. The molecule has 4 aliphatic heterocycles. The molecule has 1 aromatic carbocycles. The Hall–Kier alpha value is -2.30. The number of rotatable bonds is 4. The number of aliphatic imine (C=N–C) groups is 1. The van der Waals surface area contributed by atoms with Gasteiger partial charge in [0.2, 0.25) is 5.91 Å². The summed E-state index contributed by atoms with van der Waals surface area (Å²) in [5, 5.41) is 3.80. The number of ether oxygens (including phenoxy) is 2. The zero-order chi connectivity index (χ0) is 23.7. The van der Waals surface area contributed by atoms with E-state index >= 15 is 0 Å². The topological polar surface area (TPSA) is 86.7 Å². The standard InChI is InChI=1S/C24H33N5O4S/c1-16-21(22(30)27(2)15-20-32-13-14-33-20)34-24(25-16)28-10-8-18(9-11-28)29-12-7-17-5-3-4-6-19(17)26-23(29)31/h3-6,16,18,20-21H,7-15H2,1-2H3,(H,26,31). The molecule has 2 saturated heterocycles. The number of nitrogens with zero attached hydrogens (tertiary/aromatic N) is 4. The third-order valence-corrected chi connectivity index (χ3v) is 8.46. The number of carbonyl (C=O) groups is 2. The second kappa shape index (κ2) is 10.1. The second-order valence-corrected chi connectivity index (χ2v) is 10.4. The highest BCUT2D eigenvalue weighted by Gasteiger charge is 2.39. The SMILES string of the molecule is CC1N=C(N2CCC(N3CCc4ccccc4NC3=O)CC2)SC1C(=O)N(C)CC1OCCO1. The van der Waals surface area contributed by atoms with Crippen LogP contribution in [-0.4, -0.2) is 102 Å². The Labute approximate surface area is 204 Å². The quantitative estimate of drug-likeness (QED) is 0.701. The van der Waals surface area contributed by atoms with Crippen molar-refractivity contribution < 1.29 is 19.1 Å². The van der Waals surface area contributed by atoms with Crippen LogP contribution in [0.4, 0.5) is 10.5 Å². The van der Waals surface area contributed by atoms with Gasteiger partial charge in [-0.2, -0.15) is 0 Å². The number of thioether (sulfide) groups is 1. The molecule has 0 aliphatic carbocycles. The first-order valence-corrected chi connectivity index (χ1v) is 13.0. The van der Waals surface area contributed by atoms with Crippen LogP contribution in [0.15, 0.2) is 29.3 Å². The average molecular weight is 488 g/mol. The van der Waals surface area contributed by atoms with Crippen LogP contribution < -0.4 is 5.32 Å². The summed E-state index contributed by atoms with van der Waals surface area (Å²) in [4.78, 5) is 36.7. The van der Waals surface area contributed by atoms with Gasteiger partial charge in [-0.3, -0.25) is 9.79 Å². The second-order valence-electron chi connectivity index (χ2n) is 9.33. The number of amides is 3. The smallest absolute Gasteiger partial charge is 0.322 e. The molecule has 3 amide bonds. The van der Waals surface area contributed by atoms with Gasteiger partial charge in [0, 0.05) is 38.4 Å². The number of hydrogen-bond acceptors (Lipinski definition) is 7. The summed E-state index contributed by atoms with van der Waals surface area (Å²) in [7, 11) is 1.80. The number of piperidine rings is 1. The lowest BCUT2D eigenvalue weighted by Gasteiger charge is -2.38. The highest BCUT2D eigenvalue weighted by atomic mass is 32.2. The van der Waals surface area contributed by atoms with Crippen LogP contribution in [0.2, 0.25) is 0 Å². The van der Waals surface area contributed by atoms with E-state index in [-0.39, 0.29) is 35.6 Å². The number of urea groups is 1. The number of fused-ring (bicyclic) bond motifs is 1. The van der Waals surface area contributed by atoms with Crippen LogP contribution in [0.5, 0.6) is 0 Å². The third-order valence-electron chi connectivity index (χ3n) is 7.04. The van der Waals surface area contributed by atoms with E-state index in [4.69, 9.17) is 14.5 Å². The molecule has 34 heavy (non-hydrogen) atoms. The van der Waals surface area contributed by atoms with Gasteiger partial charge in [0.05, 0.1) is 25.8 Å².